The molecule has 2 heterocycles. The Kier molecular flexibility index (Phi) is 4.16. The van der Waals surface area contributed by atoms with Crippen molar-refractivity contribution in [2.24, 2.45) is 0 Å². The molecule has 1 nitrogen and oxygen atoms in total. The first-order valence-electron chi connectivity index (χ1n) is 12.2. The maximum atomic E-state index is 6.63. The molecule has 0 N–H and O–H groups in total. The van der Waals surface area contributed by atoms with Crippen LogP contribution in [-0.4, -0.2) is 0 Å². The van der Waals surface area contributed by atoms with Crippen LogP contribution >= 0.6 is 11.3 Å². The van der Waals surface area contributed by atoms with Crippen molar-refractivity contribution in [3.63, 3.8) is 0 Å². The first-order valence-corrected chi connectivity index (χ1v) is 13.1. The summed E-state index contributed by atoms with van der Waals surface area (Å²) in [5, 5.41) is 10.8. The summed E-state index contributed by atoms with van der Waals surface area (Å²) in [6.45, 7) is 0. The number of hydrogen-bond donors (Lipinski definition) is 0. The van der Waals surface area contributed by atoms with Gasteiger partial charge < -0.3 is 4.42 Å². The molecule has 8 aromatic rings. The van der Waals surface area contributed by atoms with Gasteiger partial charge in [-0.1, -0.05) is 97.1 Å². The maximum absolute atomic E-state index is 6.63. The number of thiophene rings is 1. The zero-order chi connectivity index (χ0) is 23.6. The van der Waals surface area contributed by atoms with E-state index in [4.69, 9.17) is 4.42 Å². The fraction of sp³-hybridized carbons (Fsp3) is 0. The molecule has 0 saturated heterocycles. The molecule has 0 aliphatic rings. The van der Waals surface area contributed by atoms with Crippen molar-refractivity contribution in [3.05, 3.63) is 121 Å². The second kappa shape index (κ2) is 7.55. The molecule has 6 aromatic carbocycles. The second-order valence-corrected chi connectivity index (χ2v) is 10.2. The van der Waals surface area contributed by atoms with Crippen molar-refractivity contribution in [2.45, 2.75) is 0 Å². The van der Waals surface area contributed by atoms with E-state index < -0.39 is 0 Å². The molecule has 2 aromatic heterocycles. The van der Waals surface area contributed by atoms with Gasteiger partial charge in [-0.3, -0.25) is 0 Å². The van der Waals surface area contributed by atoms with E-state index in [0.717, 1.165) is 16.7 Å². The molecule has 0 radical (unpaired) electrons. The van der Waals surface area contributed by atoms with E-state index in [1.54, 1.807) is 11.3 Å². The van der Waals surface area contributed by atoms with E-state index in [1.807, 2.05) is 0 Å². The molecule has 0 fully saturated rings. The largest absolute Gasteiger partial charge is 0.455 e. The van der Waals surface area contributed by atoms with Gasteiger partial charge in [-0.25, -0.2) is 0 Å². The highest BCUT2D eigenvalue weighted by Gasteiger charge is 2.20. The van der Waals surface area contributed by atoms with Crippen molar-refractivity contribution >= 4 is 64.9 Å². The lowest BCUT2D eigenvalue weighted by atomic mass is 9.85. The highest BCUT2D eigenvalue weighted by atomic mass is 32.1. The second-order valence-electron chi connectivity index (χ2n) is 9.27. The molecule has 8 rings (SSSR count). The Morgan fingerprint density at radius 2 is 1.14 bits per heavy atom. The average molecular weight is 477 g/mol. The minimum Gasteiger partial charge on any atom is -0.455 e. The average Bonchev–Trinajstić information content (AvgIpc) is 3.56. The lowest BCUT2D eigenvalue weighted by molar-refractivity contribution is 0.670. The van der Waals surface area contributed by atoms with Crippen LogP contribution in [0, 0.1) is 0 Å². The van der Waals surface area contributed by atoms with Crippen LogP contribution < -0.4 is 0 Å². The van der Waals surface area contributed by atoms with Crippen LogP contribution in [0.15, 0.2) is 125 Å². The minimum atomic E-state index is 0.946. The van der Waals surface area contributed by atoms with E-state index >= 15 is 0 Å². The lowest BCUT2D eigenvalue weighted by Gasteiger charge is -2.17. The first-order chi connectivity index (χ1) is 17.9. The van der Waals surface area contributed by atoms with Crippen molar-refractivity contribution in [1.82, 2.24) is 0 Å². The predicted octanol–water partition coefficient (Wildman–Crippen LogP) is 10.4. The third-order valence-corrected chi connectivity index (χ3v) is 8.29. The molecule has 0 bridgehead atoms. The van der Waals surface area contributed by atoms with Crippen LogP contribution in [0.5, 0.6) is 0 Å². The number of fused-ring (bicyclic) bond motifs is 7. The van der Waals surface area contributed by atoms with Gasteiger partial charge in [-0.15, -0.1) is 11.3 Å². The fourth-order valence-corrected chi connectivity index (χ4v) is 6.79. The third-order valence-electron chi connectivity index (χ3n) is 7.34. The Bertz CT molecular complexity index is 2040. The Hall–Kier alpha value is -4.40. The summed E-state index contributed by atoms with van der Waals surface area (Å²) in [5.41, 5.74) is 6.78. The first kappa shape index (κ1) is 19.9. The van der Waals surface area contributed by atoms with E-state index in [1.165, 1.54) is 59.1 Å². The van der Waals surface area contributed by atoms with Gasteiger partial charge in [0.2, 0.25) is 0 Å². The van der Waals surface area contributed by atoms with Crippen molar-refractivity contribution in [2.75, 3.05) is 0 Å². The molecule has 0 spiro atoms. The maximum Gasteiger partial charge on any atom is 0.143 e. The number of para-hydroxylation sites is 1. The molecule has 0 unspecified atom stereocenters. The topological polar surface area (TPSA) is 13.1 Å². The van der Waals surface area contributed by atoms with Crippen LogP contribution in [0.25, 0.3) is 75.8 Å². The molecular formula is C34H20OS. The monoisotopic (exact) mass is 476 g/mol. The van der Waals surface area contributed by atoms with Gasteiger partial charge in [-0.2, -0.15) is 0 Å². The summed E-state index contributed by atoms with van der Waals surface area (Å²) in [7, 11) is 0. The van der Waals surface area contributed by atoms with Gasteiger partial charge in [0.1, 0.15) is 11.2 Å². The molecular weight excluding hydrogens is 456 g/mol. The molecule has 36 heavy (non-hydrogen) atoms. The number of benzene rings is 6. The summed E-state index contributed by atoms with van der Waals surface area (Å²) in [5.74, 6) is 0. The Balaban J connectivity index is 1.56. The number of furan rings is 1. The molecule has 168 valence electrons. The SMILES string of the molecule is c1ccc(-c2c3ccccc3c(-c3cccc4c3oc3ccc5ccsc5c34)c3ccccc23)cc1. The smallest absolute Gasteiger partial charge is 0.143 e. The van der Waals surface area contributed by atoms with E-state index in [9.17, 15) is 0 Å². The normalized spacial score (nSPS) is 11.9. The van der Waals surface area contributed by atoms with Gasteiger partial charge in [-0.05, 0) is 61.6 Å². The standard InChI is InChI=1S/C34H20OS/c1-2-9-21(10-3-1)30-23-11-4-6-13-25(23)31(26-14-7-5-12-24(26)30)27-15-8-16-28-32-29(35-33(27)28)18-17-22-19-20-36-34(22)32/h1-20H. The molecule has 0 amide bonds. The van der Waals surface area contributed by atoms with Crippen LogP contribution in [0.4, 0.5) is 0 Å². The van der Waals surface area contributed by atoms with Crippen molar-refractivity contribution in [1.29, 1.82) is 0 Å². The Morgan fingerprint density at radius 1 is 0.500 bits per heavy atom. The van der Waals surface area contributed by atoms with E-state index in [-0.39, 0.29) is 0 Å². The van der Waals surface area contributed by atoms with E-state index in [2.05, 4.69) is 121 Å². The summed E-state index contributed by atoms with van der Waals surface area (Å²) < 4.78 is 7.92. The van der Waals surface area contributed by atoms with Crippen molar-refractivity contribution in [3.8, 4) is 22.3 Å². The summed E-state index contributed by atoms with van der Waals surface area (Å²) in [6.07, 6.45) is 0. The van der Waals surface area contributed by atoms with Gasteiger partial charge in [0, 0.05) is 26.6 Å². The van der Waals surface area contributed by atoms with Crippen LogP contribution in [0.3, 0.4) is 0 Å². The van der Waals surface area contributed by atoms with Crippen molar-refractivity contribution < 1.29 is 4.42 Å². The van der Waals surface area contributed by atoms with Gasteiger partial charge in [0.15, 0.2) is 0 Å². The summed E-state index contributed by atoms with van der Waals surface area (Å²) in [4.78, 5) is 0. The molecule has 0 atom stereocenters. The van der Waals surface area contributed by atoms with E-state index in [0.29, 0.717) is 0 Å². The Labute approximate surface area is 211 Å². The number of hydrogen-bond acceptors (Lipinski definition) is 2. The van der Waals surface area contributed by atoms with Gasteiger partial charge >= 0.3 is 0 Å². The fourth-order valence-electron chi connectivity index (χ4n) is 5.84. The quantitative estimate of drug-likeness (QED) is 0.226. The minimum absolute atomic E-state index is 0.946. The van der Waals surface area contributed by atoms with Crippen LogP contribution in [0.2, 0.25) is 0 Å². The highest BCUT2D eigenvalue weighted by Crippen LogP contribution is 2.47. The molecule has 0 saturated carbocycles. The zero-order valence-electron chi connectivity index (χ0n) is 19.4. The molecule has 0 aliphatic heterocycles. The zero-order valence-corrected chi connectivity index (χ0v) is 20.2. The van der Waals surface area contributed by atoms with Gasteiger partial charge in [0.05, 0.1) is 0 Å². The molecule has 2 heteroatoms. The van der Waals surface area contributed by atoms with Crippen LogP contribution in [0.1, 0.15) is 0 Å². The van der Waals surface area contributed by atoms with Crippen LogP contribution in [-0.2, 0) is 0 Å². The summed E-state index contributed by atoms with van der Waals surface area (Å²) in [6, 6.07) is 41.4. The third kappa shape index (κ3) is 2.71. The Morgan fingerprint density at radius 3 is 1.86 bits per heavy atom. The highest BCUT2D eigenvalue weighted by molar-refractivity contribution is 7.18. The van der Waals surface area contributed by atoms with Gasteiger partial charge in [0.25, 0.3) is 0 Å². The summed E-state index contributed by atoms with van der Waals surface area (Å²) >= 11 is 1.78. The molecule has 0 aliphatic carbocycles. The predicted molar refractivity (Wildman–Crippen MR) is 155 cm³/mol. The number of rotatable bonds is 2. The lowest BCUT2D eigenvalue weighted by Crippen LogP contribution is -1.90.